The molecule has 4 aromatic heterocycles. The summed E-state index contributed by atoms with van der Waals surface area (Å²) in [7, 11) is -4.62. The van der Waals surface area contributed by atoms with Crippen molar-refractivity contribution in [1.29, 1.82) is 0 Å². The minimum Gasteiger partial charge on any atom is -0.731 e. The monoisotopic (exact) mass is 1050 g/mol. The largest absolute Gasteiger partial charge is 0.731 e. The van der Waals surface area contributed by atoms with Crippen LogP contribution in [0.15, 0.2) is 129 Å². The molecule has 382 valence electrons. The van der Waals surface area contributed by atoms with Crippen LogP contribution in [-0.4, -0.2) is 60.0 Å². The third-order valence-electron chi connectivity index (χ3n) is 11.2. The number of rotatable bonds is 21. The number of carbonyl (C=O) groups excluding carboxylic acids is 2. The van der Waals surface area contributed by atoms with E-state index in [0.29, 0.717) is 37.3 Å². The van der Waals surface area contributed by atoms with Gasteiger partial charge in [0.15, 0.2) is 22.0 Å². The van der Waals surface area contributed by atoms with E-state index in [9.17, 15) is 32.7 Å². The Morgan fingerprint density at radius 1 is 0.616 bits per heavy atom. The van der Waals surface area contributed by atoms with Gasteiger partial charge >= 0.3 is 0 Å². The van der Waals surface area contributed by atoms with Gasteiger partial charge in [0.2, 0.25) is 23.6 Å². The van der Waals surface area contributed by atoms with E-state index in [1.54, 1.807) is 38.1 Å². The number of nitrogens with zero attached hydrogens (tertiary/aromatic N) is 7. The number of nitrogens with one attached hydrogen (secondary N) is 3. The molecule has 0 bridgehead atoms. The predicted molar refractivity (Wildman–Crippen MR) is 275 cm³/mol. The standard InChI is InChI=1S/C25H27N5O5S2.C25H25N5O4S.H3N/c1-3-19-15-36-25(27-19)22(14-18-9-11-20(12-10-18)30-37(32,33)34)28-23(31)21(24-26-16(2)29-35-24)13-17-7-5-4-6-8-17;1-3-19-15-35-25(27-19)22(14-18-9-11-20(12-10-18)30(32)33)28-23(31)21(24-26-16(2)29-34-24)13-17-7-5-4-6-8-17;/h4-12,15,21-22,30H,3,13-14H2,1-2H3,(H,28,31)(H,32,33,34);4-12,15,21-22H,3,13-14H2,1-2H3,(H,28,31);1H3/t2*21?,22-;/m00./s1. The molecule has 4 aromatic carbocycles. The van der Waals surface area contributed by atoms with E-state index in [-0.39, 0.29) is 41.1 Å². The van der Waals surface area contributed by atoms with Crippen LogP contribution in [0.2, 0.25) is 0 Å². The Balaban J connectivity index is 0.000000235. The van der Waals surface area contributed by atoms with Crippen LogP contribution in [0.25, 0.3) is 0 Å². The Hall–Kier alpha value is -7.57. The Labute approximate surface area is 429 Å². The van der Waals surface area contributed by atoms with Crippen LogP contribution in [0.5, 0.6) is 0 Å². The van der Waals surface area contributed by atoms with Gasteiger partial charge in [-0.05, 0) is 86.8 Å². The zero-order valence-corrected chi connectivity index (χ0v) is 43.1. The number of hydrogen-bond donors (Lipinski definition) is 4. The van der Waals surface area contributed by atoms with Crippen molar-refractivity contribution in [2.75, 3.05) is 4.72 Å². The van der Waals surface area contributed by atoms with Crippen molar-refractivity contribution in [3.63, 3.8) is 0 Å². The molecule has 0 fully saturated rings. The number of anilines is 1. The fourth-order valence-corrected chi connectivity index (χ4v) is 9.84. The lowest BCUT2D eigenvalue weighted by molar-refractivity contribution is -0.384. The average molecular weight is 1050 g/mol. The number of benzene rings is 4. The van der Waals surface area contributed by atoms with Crippen LogP contribution < -0.4 is 21.5 Å². The summed E-state index contributed by atoms with van der Waals surface area (Å²) in [5.41, 5.74) is 5.65. The fourth-order valence-electron chi connectivity index (χ4n) is 7.51. The summed E-state index contributed by atoms with van der Waals surface area (Å²) in [6, 6.07) is 31.1. The van der Waals surface area contributed by atoms with Gasteiger partial charge in [-0.15, -0.1) is 22.7 Å². The van der Waals surface area contributed by atoms with Crippen molar-refractivity contribution in [2.24, 2.45) is 0 Å². The van der Waals surface area contributed by atoms with Gasteiger partial charge in [-0.25, -0.2) is 18.4 Å². The summed E-state index contributed by atoms with van der Waals surface area (Å²) in [4.78, 5) is 55.8. The van der Waals surface area contributed by atoms with E-state index in [4.69, 9.17) is 9.05 Å². The first-order valence-electron chi connectivity index (χ1n) is 22.9. The molecule has 0 aliphatic rings. The second kappa shape index (κ2) is 25.7. The molecule has 8 aromatic rings. The van der Waals surface area contributed by atoms with Gasteiger partial charge in [0.1, 0.15) is 21.9 Å². The van der Waals surface area contributed by atoms with Gasteiger partial charge in [-0.1, -0.05) is 109 Å². The van der Waals surface area contributed by atoms with E-state index in [0.717, 1.165) is 56.5 Å². The normalized spacial score (nSPS) is 12.8. The number of carbonyl (C=O) groups is 2. The maximum Gasteiger partial charge on any atom is 0.269 e. The van der Waals surface area contributed by atoms with E-state index in [1.807, 2.05) is 90.0 Å². The van der Waals surface area contributed by atoms with Gasteiger partial charge in [-0.2, -0.15) is 9.97 Å². The molecule has 0 spiro atoms. The lowest BCUT2D eigenvalue weighted by Gasteiger charge is -2.20. The maximum atomic E-state index is 13.6. The summed E-state index contributed by atoms with van der Waals surface area (Å²) in [5, 5.41) is 30.5. The smallest absolute Gasteiger partial charge is 0.269 e. The van der Waals surface area contributed by atoms with Crippen LogP contribution in [0.1, 0.15) is 105 Å². The highest BCUT2D eigenvalue weighted by Crippen LogP contribution is 2.29. The van der Waals surface area contributed by atoms with Crippen molar-refractivity contribution >= 4 is 56.2 Å². The molecule has 2 amide bonds. The average Bonchev–Trinajstić information content (AvgIpc) is 4.22. The Morgan fingerprint density at radius 3 is 1.36 bits per heavy atom. The lowest BCUT2D eigenvalue weighted by atomic mass is 9.97. The van der Waals surface area contributed by atoms with Gasteiger partial charge in [0, 0.05) is 28.6 Å². The number of nitro groups is 1. The van der Waals surface area contributed by atoms with Crippen molar-refractivity contribution in [1.82, 2.24) is 47.0 Å². The van der Waals surface area contributed by atoms with Crippen molar-refractivity contribution in [3.05, 3.63) is 197 Å². The number of aromatic nitrogens is 6. The van der Waals surface area contributed by atoms with E-state index in [1.165, 1.54) is 46.9 Å². The number of non-ortho nitro benzene ring substituents is 1. The van der Waals surface area contributed by atoms with Crippen LogP contribution >= 0.6 is 22.7 Å². The van der Waals surface area contributed by atoms with Gasteiger partial charge in [0.05, 0.1) is 28.4 Å². The molecule has 4 atom stereocenters. The molecule has 20 nitrogen and oxygen atoms in total. The molecule has 73 heavy (non-hydrogen) atoms. The van der Waals surface area contributed by atoms with Crippen molar-refractivity contribution < 1.29 is 36.5 Å². The highest BCUT2D eigenvalue weighted by atomic mass is 32.2. The number of hydrogen-bond acceptors (Lipinski definition) is 17. The van der Waals surface area contributed by atoms with E-state index >= 15 is 0 Å². The molecule has 7 N–H and O–H groups in total. The summed E-state index contributed by atoms with van der Waals surface area (Å²) >= 11 is 2.94. The summed E-state index contributed by atoms with van der Waals surface area (Å²) < 4.78 is 45.6. The summed E-state index contributed by atoms with van der Waals surface area (Å²) in [5.74, 6) is -0.514. The fraction of sp³-hybridized carbons (Fsp3) is 0.280. The first-order chi connectivity index (χ1) is 34.6. The molecule has 0 saturated heterocycles. The highest BCUT2D eigenvalue weighted by Gasteiger charge is 2.32. The molecule has 23 heteroatoms. The minimum absolute atomic E-state index is 0. The number of thiazole rings is 2. The van der Waals surface area contributed by atoms with Gasteiger partial charge < -0.3 is 30.4 Å². The molecule has 4 heterocycles. The minimum atomic E-state index is -4.62. The van der Waals surface area contributed by atoms with Crippen molar-refractivity contribution in [3.8, 4) is 0 Å². The number of nitro benzene ring substituents is 1. The van der Waals surface area contributed by atoms with Crippen LogP contribution in [-0.2, 0) is 58.4 Å². The van der Waals surface area contributed by atoms with Crippen LogP contribution in [0.3, 0.4) is 0 Å². The maximum absolute atomic E-state index is 13.6. The topological polar surface area (TPSA) is 311 Å². The van der Waals surface area contributed by atoms with E-state index in [2.05, 4.69) is 40.9 Å². The third-order valence-corrected chi connectivity index (χ3v) is 13.7. The zero-order chi connectivity index (χ0) is 51.2. The Morgan fingerprint density at radius 2 is 1.01 bits per heavy atom. The number of amides is 2. The van der Waals surface area contributed by atoms with Gasteiger partial charge in [-0.3, -0.25) is 24.4 Å². The quantitative estimate of drug-likeness (QED) is 0.0297. The molecule has 0 radical (unpaired) electrons. The molecule has 2 unspecified atom stereocenters. The second-order valence-electron chi connectivity index (χ2n) is 16.6. The zero-order valence-electron chi connectivity index (χ0n) is 40.6. The lowest BCUT2D eigenvalue weighted by Crippen LogP contribution is -2.35. The second-order valence-corrected chi connectivity index (χ2v) is 19.5. The molecular formula is C50H55N11O9S3. The van der Waals surface area contributed by atoms with Crippen LogP contribution in [0.4, 0.5) is 11.4 Å². The molecule has 0 aliphatic carbocycles. The van der Waals surface area contributed by atoms with Gasteiger partial charge in [0.25, 0.3) is 5.69 Å². The third kappa shape index (κ3) is 16.0. The first kappa shape index (κ1) is 54.8. The molecule has 0 aliphatic heterocycles. The van der Waals surface area contributed by atoms with E-state index < -0.39 is 39.1 Å². The molecular weight excluding hydrogens is 995 g/mol. The summed E-state index contributed by atoms with van der Waals surface area (Å²) in [6.07, 6.45) is 3.15. The SMILES string of the molecule is CCc1csc([C@H](Cc2ccc(NS(=O)(=O)[O-])cc2)NC(=O)C(Cc2ccccc2)c2nc(C)no2)n1.CCc1csc([C@H](Cc2ccc([N+](=O)[O-])cc2)NC(=O)C(Cc2ccccc2)c2nc(C)no2)n1.[NH4+]. The highest BCUT2D eigenvalue weighted by molar-refractivity contribution is 7.87. The molecule has 0 saturated carbocycles. The van der Waals surface area contributed by atoms with Crippen LogP contribution in [0, 0.1) is 24.0 Å². The number of aryl methyl sites for hydroxylation is 4. The van der Waals surface area contributed by atoms with Crippen molar-refractivity contribution in [2.45, 2.75) is 90.1 Å². The number of quaternary nitrogens is 1. The Bertz CT molecular complexity index is 3150. The first-order valence-corrected chi connectivity index (χ1v) is 26.0. The molecule has 8 rings (SSSR count). The summed E-state index contributed by atoms with van der Waals surface area (Å²) in [6.45, 7) is 7.45. The Kier molecular flexibility index (Phi) is 19.3. The predicted octanol–water partition coefficient (Wildman–Crippen LogP) is 8.80.